The molecule has 0 spiro atoms. The molecular formula is C29H25F2N7O2. The van der Waals surface area contributed by atoms with Crippen LogP contribution in [0.15, 0.2) is 60.4 Å². The summed E-state index contributed by atoms with van der Waals surface area (Å²) in [5, 5.41) is 15.0. The lowest BCUT2D eigenvalue weighted by Crippen LogP contribution is -2.41. The molecule has 0 unspecified atom stereocenters. The zero-order valence-corrected chi connectivity index (χ0v) is 21.4. The lowest BCUT2D eigenvalue weighted by molar-refractivity contribution is -0.128. The molecule has 1 atom stereocenters. The van der Waals surface area contributed by atoms with Gasteiger partial charge in [-0.05, 0) is 68.0 Å². The minimum atomic E-state index is -1.06. The number of aromatic nitrogens is 4. The summed E-state index contributed by atoms with van der Waals surface area (Å²) in [4.78, 5) is 23.5. The van der Waals surface area contributed by atoms with Gasteiger partial charge < -0.3 is 15.4 Å². The van der Waals surface area contributed by atoms with E-state index in [2.05, 4.69) is 16.0 Å². The summed E-state index contributed by atoms with van der Waals surface area (Å²) in [7, 11) is 0. The smallest absolute Gasteiger partial charge is 0.264 e. The van der Waals surface area contributed by atoms with Gasteiger partial charge in [0.15, 0.2) is 17.2 Å². The number of nitriles is 1. The maximum absolute atomic E-state index is 14.0. The van der Waals surface area contributed by atoms with Crippen molar-refractivity contribution in [3.8, 4) is 28.8 Å². The van der Waals surface area contributed by atoms with Gasteiger partial charge in [0.25, 0.3) is 5.91 Å². The van der Waals surface area contributed by atoms with Crippen molar-refractivity contribution in [2.75, 3.05) is 18.8 Å². The monoisotopic (exact) mass is 541 g/mol. The zero-order chi connectivity index (χ0) is 27.8. The second kappa shape index (κ2) is 10.4. The Bertz CT molecular complexity index is 1670. The van der Waals surface area contributed by atoms with Gasteiger partial charge in [-0.3, -0.25) is 4.79 Å². The van der Waals surface area contributed by atoms with Gasteiger partial charge in [0, 0.05) is 18.7 Å². The normalized spacial score (nSPS) is 17.6. The van der Waals surface area contributed by atoms with Gasteiger partial charge in [0.1, 0.15) is 35.2 Å². The minimum Gasteiger partial charge on any atom is -0.454 e. The topological polar surface area (TPSA) is 123 Å². The number of carbonyl (C=O) groups is 1. The molecule has 0 bridgehead atoms. The van der Waals surface area contributed by atoms with E-state index in [4.69, 9.17) is 15.6 Å². The summed E-state index contributed by atoms with van der Waals surface area (Å²) in [6.07, 6.45) is 6.71. The van der Waals surface area contributed by atoms with Crippen molar-refractivity contribution in [3.63, 3.8) is 0 Å². The number of carbonyl (C=O) groups excluding carboxylic acids is 1. The Kier molecular flexibility index (Phi) is 6.59. The third-order valence-electron chi connectivity index (χ3n) is 7.19. The van der Waals surface area contributed by atoms with Crippen molar-refractivity contribution in [2.24, 2.45) is 5.92 Å². The maximum atomic E-state index is 14.0. The van der Waals surface area contributed by atoms with E-state index in [1.54, 1.807) is 39.9 Å². The highest BCUT2D eigenvalue weighted by Crippen LogP contribution is 2.36. The maximum Gasteiger partial charge on any atom is 0.264 e. The third-order valence-corrected chi connectivity index (χ3v) is 7.19. The van der Waals surface area contributed by atoms with Crippen molar-refractivity contribution in [3.05, 3.63) is 72.1 Å². The van der Waals surface area contributed by atoms with Gasteiger partial charge in [-0.2, -0.15) is 14.8 Å². The number of nitrogens with zero attached hydrogens (tertiary/aromatic N) is 6. The van der Waals surface area contributed by atoms with Crippen LogP contribution in [0.4, 0.5) is 14.6 Å². The Balaban J connectivity index is 1.30. The van der Waals surface area contributed by atoms with Crippen LogP contribution in [0.3, 0.4) is 0 Å². The fourth-order valence-electron chi connectivity index (χ4n) is 4.99. The van der Waals surface area contributed by atoms with Gasteiger partial charge in [-0.25, -0.2) is 19.0 Å². The predicted molar refractivity (Wildman–Crippen MR) is 143 cm³/mol. The quantitative estimate of drug-likeness (QED) is 0.264. The number of allylic oxidation sites excluding steroid dienone is 1. The molecule has 1 amide bonds. The number of piperidine rings is 1. The van der Waals surface area contributed by atoms with Crippen molar-refractivity contribution in [1.82, 2.24) is 24.6 Å². The Labute approximate surface area is 228 Å². The van der Waals surface area contributed by atoms with Crippen LogP contribution in [0, 0.1) is 28.9 Å². The van der Waals surface area contributed by atoms with Gasteiger partial charge in [0.05, 0.1) is 11.4 Å². The molecule has 3 heterocycles. The number of hydrogen-bond acceptors (Lipinski definition) is 7. The number of nitrogens with two attached hydrogens (primary N) is 1. The van der Waals surface area contributed by atoms with E-state index in [1.807, 2.05) is 0 Å². The molecule has 0 radical (unpaired) electrons. The van der Waals surface area contributed by atoms with E-state index < -0.39 is 11.6 Å². The van der Waals surface area contributed by atoms with E-state index in [1.165, 1.54) is 18.5 Å². The van der Waals surface area contributed by atoms with Crippen LogP contribution in [0.1, 0.15) is 31.7 Å². The Morgan fingerprint density at radius 2 is 1.93 bits per heavy atom. The molecule has 40 heavy (non-hydrogen) atoms. The lowest BCUT2D eigenvalue weighted by atomic mass is 10.0. The van der Waals surface area contributed by atoms with E-state index in [9.17, 15) is 18.8 Å². The van der Waals surface area contributed by atoms with Crippen LogP contribution in [0.25, 0.3) is 22.3 Å². The second-order valence-corrected chi connectivity index (χ2v) is 10.0. The van der Waals surface area contributed by atoms with Gasteiger partial charge in [-0.15, -0.1) is 0 Å². The molecule has 1 aliphatic heterocycles. The van der Waals surface area contributed by atoms with Crippen molar-refractivity contribution >= 4 is 22.8 Å². The zero-order valence-electron chi connectivity index (χ0n) is 21.4. The summed E-state index contributed by atoms with van der Waals surface area (Å²) >= 11 is 0. The van der Waals surface area contributed by atoms with Crippen LogP contribution >= 0.6 is 0 Å². The number of anilines is 1. The number of halogens is 2. The number of hydrogen-bond donors (Lipinski definition) is 1. The summed E-state index contributed by atoms with van der Waals surface area (Å²) in [6.45, 7) is 0.949. The van der Waals surface area contributed by atoms with Crippen molar-refractivity contribution in [2.45, 2.75) is 31.7 Å². The molecule has 1 aliphatic carbocycles. The standard InChI is InChI=1S/C29H25F2N7O2/c30-22-4-1-5-23(25(22)31)40-21-10-8-18(9-11-21)26-24-27(33)34-16-35-28(24)38(36-26)20-3-2-12-37(15-20)29(39)19(14-32)13-17-6-7-17/h1,4-5,8-11,13,16-17,20H,2-3,6-7,12,15H2,(H2,33,34,35)/b19-13-/t20-/m1/s1. The van der Waals surface area contributed by atoms with Crippen LogP contribution < -0.4 is 10.5 Å². The molecule has 11 heteroatoms. The average molecular weight is 542 g/mol. The molecule has 9 nitrogen and oxygen atoms in total. The second-order valence-electron chi connectivity index (χ2n) is 10.0. The van der Waals surface area contributed by atoms with Gasteiger partial charge >= 0.3 is 0 Å². The van der Waals surface area contributed by atoms with Crippen LogP contribution in [0.5, 0.6) is 11.5 Å². The van der Waals surface area contributed by atoms with Crippen molar-refractivity contribution < 1.29 is 18.3 Å². The predicted octanol–water partition coefficient (Wildman–Crippen LogP) is 5.17. The molecule has 6 rings (SSSR count). The largest absolute Gasteiger partial charge is 0.454 e. The number of nitrogen functional groups attached to an aromatic ring is 1. The van der Waals surface area contributed by atoms with Crippen LogP contribution in [0.2, 0.25) is 0 Å². The SMILES string of the molecule is N#C/C(=C/C1CC1)C(=O)N1CCC[C@@H](n2nc(-c3ccc(Oc4cccc(F)c4F)cc3)c3c(N)ncnc32)C1. The fourth-order valence-corrected chi connectivity index (χ4v) is 4.99. The average Bonchev–Trinajstić information content (AvgIpc) is 3.71. The summed E-state index contributed by atoms with van der Waals surface area (Å²) in [5.74, 6) is -1.63. The number of amides is 1. The Morgan fingerprint density at radius 1 is 1.12 bits per heavy atom. The number of rotatable bonds is 6. The minimum absolute atomic E-state index is 0.178. The first-order valence-electron chi connectivity index (χ1n) is 13.0. The van der Waals surface area contributed by atoms with Gasteiger partial charge in [-0.1, -0.05) is 12.1 Å². The highest BCUT2D eigenvalue weighted by Gasteiger charge is 2.31. The van der Waals surface area contributed by atoms with Crippen LogP contribution in [-0.4, -0.2) is 43.6 Å². The molecule has 4 aromatic rings. The molecule has 2 aliphatic rings. The molecule has 2 fully saturated rings. The first kappa shape index (κ1) is 25.4. The van der Waals surface area contributed by atoms with Gasteiger partial charge in [0.2, 0.25) is 5.82 Å². The first-order valence-corrected chi connectivity index (χ1v) is 13.0. The summed E-state index contributed by atoms with van der Waals surface area (Å²) in [6, 6.07) is 12.4. The highest BCUT2D eigenvalue weighted by atomic mass is 19.2. The Hall–Kier alpha value is -4.85. The fraction of sp³-hybridized carbons (Fsp3) is 0.276. The number of likely N-dealkylation sites (tertiary alicyclic amines) is 1. The molecular weight excluding hydrogens is 516 g/mol. The lowest BCUT2D eigenvalue weighted by Gasteiger charge is -2.32. The number of fused-ring (bicyclic) bond motifs is 1. The summed E-state index contributed by atoms with van der Waals surface area (Å²) in [5.41, 5.74) is 8.25. The highest BCUT2D eigenvalue weighted by molar-refractivity contribution is 5.99. The molecule has 2 aromatic carbocycles. The Morgan fingerprint density at radius 3 is 2.67 bits per heavy atom. The van der Waals surface area contributed by atoms with E-state index in [0.717, 1.165) is 31.7 Å². The molecule has 2 aromatic heterocycles. The third kappa shape index (κ3) is 4.84. The molecule has 2 N–H and O–H groups in total. The van der Waals surface area contributed by atoms with E-state index in [0.29, 0.717) is 47.0 Å². The molecule has 202 valence electrons. The van der Waals surface area contributed by atoms with Crippen molar-refractivity contribution in [1.29, 1.82) is 5.26 Å². The number of ether oxygens (including phenoxy) is 1. The van der Waals surface area contributed by atoms with E-state index in [-0.39, 0.29) is 29.1 Å². The number of benzene rings is 2. The van der Waals surface area contributed by atoms with E-state index >= 15 is 0 Å². The molecule has 1 saturated heterocycles. The summed E-state index contributed by atoms with van der Waals surface area (Å²) < 4.78 is 34.9. The molecule has 1 saturated carbocycles. The van der Waals surface area contributed by atoms with Crippen LogP contribution in [-0.2, 0) is 4.79 Å². The first-order chi connectivity index (χ1) is 19.4.